The maximum Gasteiger partial charge on any atom is 0.209 e. The summed E-state index contributed by atoms with van der Waals surface area (Å²) in [5.41, 5.74) is 11.3. The SMILES string of the molecule is C=C[C@H](N)c1c[nH]cc(N)c1=O. The summed E-state index contributed by atoms with van der Waals surface area (Å²) >= 11 is 0. The molecular weight excluding hydrogens is 154 g/mol. The number of nitrogens with two attached hydrogens (primary N) is 2. The molecule has 12 heavy (non-hydrogen) atoms. The summed E-state index contributed by atoms with van der Waals surface area (Å²) < 4.78 is 0. The lowest BCUT2D eigenvalue weighted by molar-refractivity contribution is 0.894. The minimum Gasteiger partial charge on any atom is -0.394 e. The van der Waals surface area contributed by atoms with Crippen LogP contribution in [-0.2, 0) is 0 Å². The largest absolute Gasteiger partial charge is 0.394 e. The van der Waals surface area contributed by atoms with E-state index in [1.807, 2.05) is 0 Å². The number of rotatable bonds is 2. The van der Waals surface area contributed by atoms with Crippen molar-refractivity contribution in [3.05, 3.63) is 40.8 Å². The van der Waals surface area contributed by atoms with Crippen LogP contribution in [0.4, 0.5) is 5.69 Å². The molecule has 0 fully saturated rings. The lowest BCUT2D eigenvalue weighted by atomic mass is 10.1. The van der Waals surface area contributed by atoms with Gasteiger partial charge in [0.05, 0.1) is 11.7 Å². The third kappa shape index (κ3) is 1.38. The molecule has 0 bridgehead atoms. The average molecular weight is 165 g/mol. The summed E-state index contributed by atoms with van der Waals surface area (Å²) in [5, 5.41) is 0. The lowest BCUT2D eigenvalue weighted by Gasteiger charge is -2.04. The number of aromatic amines is 1. The normalized spacial score (nSPS) is 12.4. The van der Waals surface area contributed by atoms with E-state index in [0.29, 0.717) is 5.56 Å². The summed E-state index contributed by atoms with van der Waals surface area (Å²) in [7, 11) is 0. The molecule has 4 heteroatoms. The van der Waals surface area contributed by atoms with E-state index in [1.165, 1.54) is 18.5 Å². The molecule has 5 N–H and O–H groups in total. The number of nitrogens with one attached hydrogen (secondary N) is 1. The molecule has 0 amide bonds. The van der Waals surface area contributed by atoms with Crippen LogP contribution in [0, 0.1) is 0 Å². The second-order valence-corrected chi connectivity index (χ2v) is 2.46. The summed E-state index contributed by atoms with van der Waals surface area (Å²) in [6, 6.07) is -0.461. The zero-order chi connectivity index (χ0) is 9.14. The quantitative estimate of drug-likeness (QED) is 0.545. The first kappa shape index (κ1) is 8.55. The van der Waals surface area contributed by atoms with E-state index in [4.69, 9.17) is 11.5 Å². The molecule has 4 nitrogen and oxygen atoms in total. The van der Waals surface area contributed by atoms with Gasteiger partial charge in [0.15, 0.2) is 0 Å². The Morgan fingerprint density at radius 3 is 2.83 bits per heavy atom. The molecule has 0 spiro atoms. The van der Waals surface area contributed by atoms with Crippen molar-refractivity contribution in [3.8, 4) is 0 Å². The second-order valence-electron chi connectivity index (χ2n) is 2.46. The van der Waals surface area contributed by atoms with Gasteiger partial charge >= 0.3 is 0 Å². The average Bonchev–Trinajstić information content (AvgIpc) is 2.08. The Labute approximate surface area is 69.9 Å². The van der Waals surface area contributed by atoms with Gasteiger partial charge in [-0.2, -0.15) is 0 Å². The topological polar surface area (TPSA) is 84.9 Å². The Balaban J connectivity index is 3.25. The Morgan fingerprint density at radius 1 is 1.58 bits per heavy atom. The standard InChI is InChI=1S/C8H11N3O/c1-2-6(9)5-3-11-4-7(10)8(5)12/h2-4,6H,1,9-10H2,(H,11,12)/t6-/m0/s1. The monoisotopic (exact) mass is 165 g/mol. The van der Waals surface area contributed by atoms with Gasteiger partial charge in [0, 0.05) is 18.0 Å². The third-order valence-corrected chi connectivity index (χ3v) is 1.62. The Hall–Kier alpha value is -1.55. The number of anilines is 1. The van der Waals surface area contributed by atoms with Crippen molar-refractivity contribution in [2.24, 2.45) is 5.73 Å². The predicted octanol–water partition coefficient (Wildman–Crippen LogP) is 0.143. The Morgan fingerprint density at radius 2 is 2.25 bits per heavy atom. The van der Waals surface area contributed by atoms with E-state index >= 15 is 0 Å². The summed E-state index contributed by atoms with van der Waals surface area (Å²) in [6.07, 6.45) is 4.46. The molecule has 0 aliphatic heterocycles. The number of nitrogen functional groups attached to an aromatic ring is 1. The van der Waals surface area contributed by atoms with Crippen molar-refractivity contribution in [3.63, 3.8) is 0 Å². The minimum atomic E-state index is -0.461. The maximum atomic E-state index is 11.3. The molecule has 1 aromatic rings. The zero-order valence-corrected chi connectivity index (χ0v) is 6.58. The molecule has 0 radical (unpaired) electrons. The van der Waals surface area contributed by atoms with Crippen LogP contribution in [0.25, 0.3) is 0 Å². The molecule has 1 heterocycles. The third-order valence-electron chi connectivity index (χ3n) is 1.62. The van der Waals surface area contributed by atoms with Crippen molar-refractivity contribution in [1.29, 1.82) is 0 Å². The van der Waals surface area contributed by atoms with E-state index in [1.54, 1.807) is 0 Å². The minimum absolute atomic E-state index is 0.171. The second kappa shape index (κ2) is 3.23. The van der Waals surface area contributed by atoms with E-state index in [9.17, 15) is 4.79 Å². The molecule has 0 aliphatic rings. The van der Waals surface area contributed by atoms with Gasteiger partial charge in [-0.25, -0.2) is 0 Å². The van der Waals surface area contributed by atoms with Crippen LogP contribution >= 0.6 is 0 Å². The fraction of sp³-hybridized carbons (Fsp3) is 0.125. The fourth-order valence-electron chi connectivity index (χ4n) is 0.894. The van der Waals surface area contributed by atoms with Crippen molar-refractivity contribution in [1.82, 2.24) is 4.98 Å². The summed E-state index contributed by atoms with van der Waals surface area (Å²) in [4.78, 5) is 14.0. The number of pyridine rings is 1. The molecule has 0 aliphatic carbocycles. The Bertz CT molecular complexity index is 342. The number of hydrogen-bond acceptors (Lipinski definition) is 3. The van der Waals surface area contributed by atoms with Gasteiger partial charge < -0.3 is 16.5 Å². The highest BCUT2D eigenvalue weighted by Gasteiger charge is 2.07. The number of H-pyrrole nitrogens is 1. The highest BCUT2D eigenvalue weighted by atomic mass is 16.1. The first-order valence-corrected chi connectivity index (χ1v) is 3.51. The highest BCUT2D eigenvalue weighted by molar-refractivity contribution is 5.38. The van der Waals surface area contributed by atoms with Crippen LogP contribution in [0.1, 0.15) is 11.6 Å². The first-order valence-electron chi connectivity index (χ1n) is 3.51. The molecule has 1 atom stereocenters. The van der Waals surface area contributed by atoms with E-state index < -0.39 is 6.04 Å². The van der Waals surface area contributed by atoms with E-state index in [0.717, 1.165) is 0 Å². The smallest absolute Gasteiger partial charge is 0.209 e. The van der Waals surface area contributed by atoms with Gasteiger partial charge in [-0.3, -0.25) is 4.79 Å². The van der Waals surface area contributed by atoms with Crippen LogP contribution < -0.4 is 16.9 Å². The van der Waals surface area contributed by atoms with Gasteiger partial charge in [-0.1, -0.05) is 6.08 Å². The number of hydrogen-bond donors (Lipinski definition) is 3. The first-order chi connectivity index (χ1) is 5.66. The Kier molecular flexibility index (Phi) is 2.30. The van der Waals surface area contributed by atoms with Crippen LogP contribution in [-0.4, -0.2) is 4.98 Å². The van der Waals surface area contributed by atoms with Crippen molar-refractivity contribution in [2.45, 2.75) is 6.04 Å². The van der Waals surface area contributed by atoms with Crippen LogP contribution in [0.2, 0.25) is 0 Å². The molecular formula is C8H11N3O. The van der Waals surface area contributed by atoms with E-state index in [-0.39, 0.29) is 11.1 Å². The molecule has 0 unspecified atom stereocenters. The van der Waals surface area contributed by atoms with Gasteiger partial charge in [0.2, 0.25) is 5.43 Å². The van der Waals surface area contributed by atoms with Crippen molar-refractivity contribution in [2.75, 3.05) is 5.73 Å². The molecule has 0 aromatic carbocycles. The summed E-state index contributed by atoms with van der Waals surface area (Å²) in [5.74, 6) is 0. The highest BCUT2D eigenvalue weighted by Crippen LogP contribution is 2.05. The van der Waals surface area contributed by atoms with Crippen LogP contribution in [0.15, 0.2) is 29.8 Å². The maximum absolute atomic E-state index is 11.3. The predicted molar refractivity (Wildman–Crippen MR) is 48.6 cm³/mol. The summed E-state index contributed by atoms with van der Waals surface area (Å²) in [6.45, 7) is 3.49. The molecule has 64 valence electrons. The molecule has 1 rings (SSSR count). The van der Waals surface area contributed by atoms with Crippen LogP contribution in [0.3, 0.4) is 0 Å². The van der Waals surface area contributed by atoms with Gasteiger partial charge in [-0.05, 0) is 0 Å². The van der Waals surface area contributed by atoms with Crippen molar-refractivity contribution < 1.29 is 0 Å². The van der Waals surface area contributed by atoms with Gasteiger partial charge in [-0.15, -0.1) is 6.58 Å². The fourth-order valence-corrected chi connectivity index (χ4v) is 0.894. The van der Waals surface area contributed by atoms with Crippen molar-refractivity contribution >= 4 is 5.69 Å². The number of aromatic nitrogens is 1. The van der Waals surface area contributed by atoms with E-state index in [2.05, 4.69) is 11.6 Å². The lowest BCUT2D eigenvalue weighted by Crippen LogP contribution is -2.20. The molecule has 0 saturated carbocycles. The molecule has 0 saturated heterocycles. The van der Waals surface area contributed by atoms with Crippen LogP contribution in [0.5, 0.6) is 0 Å². The zero-order valence-electron chi connectivity index (χ0n) is 6.58. The van der Waals surface area contributed by atoms with Gasteiger partial charge in [0.25, 0.3) is 0 Å². The molecule has 1 aromatic heterocycles. The van der Waals surface area contributed by atoms with Gasteiger partial charge in [0.1, 0.15) is 0 Å².